The molecule has 118 valence electrons. The summed E-state index contributed by atoms with van der Waals surface area (Å²) in [6, 6.07) is 10.2. The lowest BCUT2D eigenvalue weighted by atomic mass is 10.1. The molecule has 7 heteroatoms. The van der Waals surface area contributed by atoms with Crippen LogP contribution in [-0.2, 0) is 13.0 Å². The van der Waals surface area contributed by atoms with E-state index in [4.69, 9.17) is 11.6 Å². The molecule has 3 rings (SSSR count). The molecule has 0 unspecified atom stereocenters. The first-order valence-electron chi connectivity index (χ1n) is 6.77. The van der Waals surface area contributed by atoms with Crippen molar-refractivity contribution in [1.29, 1.82) is 0 Å². The van der Waals surface area contributed by atoms with Crippen molar-refractivity contribution in [1.82, 2.24) is 9.72 Å². The van der Waals surface area contributed by atoms with Crippen molar-refractivity contribution in [3.63, 3.8) is 0 Å². The molecule has 0 aliphatic carbocycles. The minimum absolute atomic E-state index is 0.113. The van der Waals surface area contributed by atoms with Crippen LogP contribution >= 0.6 is 11.6 Å². The number of halogens is 3. The van der Waals surface area contributed by atoms with Gasteiger partial charge >= 0.3 is 5.76 Å². The van der Waals surface area contributed by atoms with Crippen LogP contribution in [0.2, 0.25) is 5.02 Å². The van der Waals surface area contributed by atoms with Gasteiger partial charge in [0.15, 0.2) is 5.82 Å². The number of benzene rings is 2. The maximum absolute atomic E-state index is 13.9. The zero-order valence-electron chi connectivity index (χ0n) is 11.8. The molecule has 0 saturated heterocycles. The number of aromatic nitrogens is 2. The second-order valence-electron chi connectivity index (χ2n) is 4.96. The summed E-state index contributed by atoms with van der Waals surface area (Å²) in [6.45, 7) is -0.113. The smallest absolute Gasteiger partial charge is 0.296 e. The Morgan fingerprint density at radius 1 is 1.17 bits per heavy atom. The minimum atomic E-state index is -0.726. The summed E-state index contributed by atoms with van der Waals surface area (Å²) in [5.74, 6) is -1.38. The molecule has 1 heterocycles. The topological polar surface area (TPSA) is 48.0 Å². The third kappa shape index (κ3) is 3.32. The third-order valence-corrected chi connectivity index (χ3v) is 3.74. The summed E-state index contributed by atoms with van der Waals surface area (Å²) in [7, 11) is 0. The second-order valence-corrected chi connectivity index (χ2v) is 5.36. The van der Waals surface area contributed by atoms with E-state index >= 15 is 0 Å². The van der Waals surface area contributed by atoms with Gasteiger partial charge in [0.05, 0.1) is 6.54 Å². The molecule has 0 amide bonds. The molecule has 0 aliphatic heterocycles. The van der Waals surface area contributed by atoms with Crippen molar-refractivity contribution in [2.24, 2.45) is 0 Å². The van der Waals surface area contributed by atoms with Gasteiger partial charge in [-0.2, -0.15) is 0 Å². The molecule has 0 saturated carbocycles. The van der Waals surface area contributed by atoms with Gasteiger partial charge in [-0.25, -0.2) is 13.6 Å². The summed E-state index contributed by atoms with van der Waals surface area (Å²) in [5, 5.41) is 3.89. The molecule has 1 aromatic heterocycles. The highest BCUT2D eigenvalue weighted by Crippen LogP contribution is 2.20. The van der Waals surface area contributed by atoms with E-state index in [1.54, 1.807) is 12.1 Å². The zero-order valence-corrected chi connectivity index (χ0v) is 12.6. The van der Waals surface area contributed by atoms with Gasteiger partial charge in [0.25, 0.3) is 0 Å². The Morgan fingerprint density at radius 3 is 2.70 bits per heavy atom. The van der Waals surface area contributed by atoms with Gasteiger partial charge < -0.3 is 0 Å². The summed E-state index contributed by atoms with van der Waals surface area (Å²) in [6.07, 6.45) is 0.176. The minimum Gasteiger partial charge on any atom is -0.296 e. The molecule has 2 aromatic carbocycles. The molecule has 0 radical (unpaired) electrons. The van der Waals surface area contributed by atoms with E-state index in [1.807, 2.05) is 0 Å². The molecule has 0 aliphatic rings. The molecule has 3 aromatic rings. The average molecular weight is 337 g/mol. The lowest BCUT2D eigenvalue weighted by Gasteiger charge is -2.08. The molecular formula is C16H11ClF2N2O2. The van der Waals surface area contributed by atoms with E-state index in [0.717, 1.165) is 0 Å². The van der Waals surface area contributed by atoms with Crippen LogP contribution < -0.4 is 5.76 Å². The Kier molecular flexibility index (Phi) is 4.25. The van der Waals surface area contributed by atoms with Crippen molar-refractivity contribution in [2.75, 3.05) is 0 Å². The first-order chi connectivity index (χ1) is 11.0. The lowest BCUT2D eigenvalue weighted by Crippen LogP contribution is -2.19. The predicted octanol–water partition coefficient (Wildman–Crippen LogP) is 3.41. The Labute approximate surface area is 134 Å². The molecule has 0 N–H and O–H groups in total. The fraction of sp³-hybridized carbons (Fsp3) is 0.125. The van der Waals surface area contributed by atoms with Crippen LogP contribution in [0.4, 0.5) is 8.78 Å². The van der Waals surface area contributed by atoms with Crippen LogP contribution in [0, 0.1) is 11.6 Å². The summed E-state index contributed by atoms with van der Waals surface area (Å²) in [4.78, 5) is 11.8. The maximum atomic E-state index is 13.9. The monoisotopic (exact) mass is 336 g/mol. The van der Waals surface area contributed by atoms with Gasteiger partial charge in [0.1, 0.15) is 11.6 Å². The van der Waals surface area contributed by atoms with Gasteiger partial charge in [-0.15, -0.1) is 0 Å². The zero-order chi connectivity index (χ0) is 16.4. The van der Waals surface area contributed by atoms with E-state index in [2.05, 4.69) is 9.68 Å². The van der Waals surface area contributed by atoms with Crippen molar-refractivity contribution in [2.45, 2.75) is 13.0 Å². The van der Waals surface area contributed by atoms with Crippen molar-refractivity contribution in [3.8, 4) is 0 Å². The van der Waals surface area contributed by atoms with Crippen molar-refractivity contribution >= 4 is 11.6 Å². The molecule has 0 fully saturated rings. The van der Waals surface area contributed by atoms with Crippen LogP contribution in [0.3, 0.4) is 0 Å². The number of rotatable bonds is 4. The third-order valence-electron chi connectivity index (χ3n) is 3.39. The predicted molar refractivity (Wildman–Crippen MR) is 80.5 cm³/mol. The quantitative estimate of drug-likeness (QED) is 0.733. The van der Waals surface area contributed by atoms with E-state index in [-0.39, 0.29) is 29.4 Å². The summed E-state index contributed by atoms with van der Waals surface area (Å²) >= 11 is 5.98. The standard InChI is InChI=1S/C16H11ClF2N2O2/c17-13-5-2-6-14(19)12(13)9-21-15(20-23-16(21)22)8-10-3-1-4-11(18)7-10/h1-7H,8-9H2. The fourth-order valence-corrected chi connectivity index (χ4v) is 2.47. The van der Waals surface area contributed by atoms with Gasteiger partial charge in [0, 0.05) is 17.0 Å². The van der Waals surface area contributed by atoms with Crippen LogP contribution in [0.5, 0.6) is 0 Å². The highest BCUT2D eigenvalue weighted by molar-refractivity contribution is 6.31. The molecule has 0 spiro atoms. The maximum Gasteiger partial charge on any atom is 0.441 e. The highest BCUT2D eigenvalue weighted by atomic mass is 35.5. The van der Waals surface area contributed by atoms with Crippen LogP contribution in [0.1, 0.15) is 17.0 Å². The van der Waals surface area contributed by atoms with E-state index < -0.39 is 17.4 Å². The largest absolute Gasteiger partial charge is 0.441 e. The Bertz CT molecular complexity index is 885. The van der Waals surface area contributed by atoms with Crippen LogP contribution in [-0.4, -0.2) is 9.72 Å². The van der Waals surface area contributed by atoms with Crippen molar-refractivity contribution in [3.05, 3.63) is 86.6 Å². The summed E-state index contributed by atoms with van der Waals surface area (Å²) < 4.78 is 33.0. The molecule has 23 heavy (non-hydrogen) atoms. The van der Waals surface area contributed by atoms with E-state index in [1.165, 1.54) is 34.9 Å². The first kappa shape index (κ1) is 15.4. The molecular weight excluding hydrogens is 326 g/mol. The molecule has 0 atom stereocenters. The van der Waals surface area contributed by atoms with Gasteiger partial charge in [-0.3, -0.25) is 9.09 Å². The Morgan fingerprint density at radius 2 is 1.96 bits per heavy atom. The van der Waals surface area contributed by atoms with Crippen molar-refractivity contribution < 1.29 is 13.3 Å². The van der Waals surface area contributed by atoms with Gasteiger partial charge in [-0.1, -0.05) is 35.0 Å². The van der Waals surface area contributed by atoms with E-state index in [9.17, 15) is 13.6 Å². The van der Waals surface area contributed by atoms with Crippen LogP contribution in [0.15, 0.2) is 51.8 Å². The molecule has 4 nitrogen and oxygen atoms in total. The summed E-state index contributed by atoms with van der Waals surface area (Å²) in [5.41, 5.74) is 0.784. The Balaban J connectivity index is 1.95. The number of hydrogen-bond acceptors (Lipinski definition) is 3. The normalized spacial score (nSPS) is 10.9. The average Bonchev–Trinajstić information content (AvgIpc) is 2.84. The van der Waals surface area contributed by atoms with E-state index in [0.29, 0.717) is 5.56 Å². The highest BCUT2D eigenvalue weighted by Gasteiger charge is 2.15. The van der Waals surface area contributed by atoms with Gasteiger partial charge in [-0.05, 0) is 29.8 Å². The molecule has 0 bridgehead atoms. The van der Waals surface area contributed by atoms with Gasteiger partial charge in [0.2, 0.25) is 0 Å². The first-order valence-corrected chi connectivity index (χ1v) is 7.15. The number of hydrogen-bond donors (Lipinski definition) is 0. The second kappa shape index (κ2) is 6.34. The Hall–Kier alpha value is -2.47. The SMILES string of the molecule is O=c1onc(Cc2cccc(F)c2)n1Cc1c(F)cccc1Cl. The fourth-order valence-electron chi connectivity index (χ4n) is 2.25. The lowest BCUT2D eigenvalue weighted by molar-refractivity contribution is 0.374. The number of nitrogens with zero attached hydrogens (tertiary/aromatic N) is 2. The van der Waals surface area contributed by atoms with Crippen LogP contribution in [0.25, 0.3) is 0 Å².